The molecule has 0 spiro atoms. The molecule has 4 atom stereocenters. The van der Waals surface area contributed by atoms with E-state index in [1.54, 1.807) is 7.05 Å². The Kier molecular flexibility index (Phi) is 1.15. The van der Waals surface area contributed by atoms with Crippen molar-refractivity contribution in [3.63, 3.8) is 0 Å². The summed E-state index contributed by atoms with van der Waals surface area (Å²) in [6.07, 6.45) is 3.46. The number of hydrogen-bond donors (Lipinski definition) is 1. The third-order valence-corrected chi connectivity index (χ3v) is 4.38. The monoisotopic (exact) mass is 181 g/mol. The molecule has 72 valence electrons. The lowest BCUT2D eigenvalue weighted by Gasteiger charge is -2.23. The van der Waals surface area contributed by atoms with Gasteiger partial charge in [-0.2, -0.15) is 0 Å². The maximum atomic E-state index is 11.8. The zero-order valence-corrected chi connectivity index (χ0v) is 8.09. The molecule has 3 fully saturated rings. The van der Waals surface area contributed by atoms with E-state index in [2.05, 4.69) is 12.2 Å². The molecule has 3 aliphatic rings. The number of amides is 1. The predicted molar refractivity (Wildman–Crippen MR) is 47.1 cm³/mol. The summed E-state index contributed by atoms with van der Waals surface area (Å²) in [5, 5.41) is 2.78. The van der Waals surface area contributed by atoms with E-state index in [1.807, 2.05) is 0 Å². The van der Waals surface area contributed by atoms with Gasteiger partial charge in [-0.1, -0.05) is 0 Å². The van der Waals surface area contributed by atoms with Crippen molar-refractivity contribution in [3.05, 3.63) is 0 Å². The zero-order valence-electron chi connectivity index (χ0n) is 8.09. The lowest BCUT2D eigenvalue weighted by atomic mass is 9.80. The van der Waals surface area contributed by atoms with E-state index in [-0.39, 0.29) is 23.0 Å². The number of hydrogen-bond acceptors (Lipinski definition) is 2. The van der Waals surface area contributed by atoms with Crippen molar-refractivity contribution in [2.75, 3.05) is 7.05 Å². The van der Waals surface area contributed by atoms with Crippen LogP contribution in [0.1, 0.15) is 26.2 Å². The molecule has 1 saturated heterocycles. The van der Waals surface area contributed by atoms with Gasteiger partial charge >= 0.3 is 0 Å². The van der Waals surface area contributed by atoms with Gasteiger partial charge in [0.15, 0.2) is 0 Å². The highest BCUT2D eigenvalue weighted by molar-refractivity contribution is 5.85. The highest BCUT2D eigenvalue weighted by atomic mass is 16.6. The van der Waals surface area contributed by atoms with Crippen molar-refractivity contribution in [2.24, 2.45) is 11.3 Å². The van der Waals surface area contributed by atoms with Crippen LogP contribution >= 0.6 is 0 Å². The summed E-state index contributed by atoms with van der Waals surface area (Å²) < 4.78 is 5.69. The average Bonchev–Trinajstić information content (AvgIpc) is 2.61. The van der Waals surface area contributed by atoms with Gasteiger partial charge in [-0.25, -0.2) is 0 Å². The normalized spacial score (nSPS) is 56.2. The lowest BCUT2D eigenvalue weighted by Crippen LogP contribution is -2.41. The minimum absolute atomic E-state index is 0.0603. The number of ether oxygens (including phenoxy) is 1. The van der Waals surface area contributed by atoms with Crippen LogP contribution in [0, 0.1) is 11.3 Å². The van der Waals surface area contributed by atoms with Gasteiger partial charge in [0, 0.05) is 7.05 Å². The summed E-state index contributed by atoms with van der Waals surface area (Å²) in [6, 6.07) is 0. The minimum atomic E-state index is -0.159. The van der Waals surface area contributed by atoms with E-state index in [1.165, 1.54) is 6.42 Å². The molecule has 0 aromatic rings. The Morgan fingerprint density at radius 2 is 2.38 bits per heavy atom. The molecule has 4 unspecified atom stereocenters. The van der Waals surface area contributed by atoms with Crippen molar-refractivity contribution in [3.8, 4) is 0 Å². The second kappa shape index (κ2) is 1.92. The number of epoxide rings is 1. The molecule has 2 saturated carbocycles. The highest BCUT2D eigenvalue weighted by Crippen LogP contribution is 2.69. The Balaban J connectivity index is 1.98. The third kappa shape index (κ3) is 0.654. The number of carbonyl (C=O) groups excluding carboxylic acids is 1. The van der Waals surface area contributed by atoms with Gasteiger partial charge in [0.05, 0.1) is 11.0 Å². The topological polar surface area (TPSA) is 41.6 Å². The number of carbonyl (C=O) groups is 1. The zero-order chi connectivity index (χ0) is 9.27. The van der Waals surface area contributed by atoms with Gasteiger partial charge in [-0.15, -0.1) is 0 Å². The molecule has 3 nitrogen and oxygen atoms in total. The SMILES string of the molecule is CNC(=O)C12CCC(C1)C1(C)OC21. The minimum Gasteiger partial charge on any atom is -0.365 e. The fraction of sp³-hybridized carbons (Fsp3) is 0.900. The molecule has 1 N–H and O–H groups in total. The average molecular weight is 181 g/mol. The van der Waals surface area contributed by atoms with Gasteiger partial charge in [-0.05, 0) is 32.1 Å². The summed E-state index contributed by atoms with van der Waals surface area (Å²) in [6.45, 7) is 2.16. The Morgan fingerprint density at radius 1 is 1.62 bits per heavy atom. The summed E-state index contributed by atoms with van der Waals surface area (Å²) in [4.78, 5) is 11.8. The van der Waals surface area contributed by atoms with Gasteiger partial charge in [0.2, 0.25) is 5.91 Å². The molecule has 1 aliphatic heterocycles. The van der Waals surface area contributed by atoms with Gasteiger partial charge in [0.25, 0.3) is 0 Å². The Morgan fingerprint density at radius 3 is 2.92 bits per heavy atom. The fourth-order valence-corrected chi connectivity index (χ4v) is 3.57. The molecule has 2 bridgehead atoms. The second-order valence-corrected chi connectivity index (χ2v) is 4.86. The van der Waals surface area contributed by atoms with Crippen LogP contribution in [0.15, 0.2) is 0 Å². The molecule has 1 amide bonds. The summed E-state index contributed by atoms with van der Waals surface area (Å²) in [5.74, 6) is 0.830. The molecule has 0 radical (unpaired) electrons. The maximum Gasteiger partial charge on any atom is 0.228 e. The maximum absolute atomic E-state index is 11.8. The first-order chi connectivity index (χ1) is 6.13. The van der Waals surface area contributed by atoms with E-state index in [9.17, 15) is 4.79 Å². The summed E-state index contributed by atoms with van der Waals surface area (Å²) in [7, 11) is 1.72. The lowest BCUT2D eigenvalue weighted by molar-refractivity contribution is -0.131. The van der Waals surface area contributed by atoms with Crippen molar-refractivity contribution in [1.82, 2.24) is 5.32 Å². The van der Waals surface area contributed by atoms with E-state index in [0.717, 1.165) is 12.8 Å². The van der Waals surface area contributed by atoms with Crippen LogP contribution in [0.3, 0.4) is 0 Å². The van der Waals surface area contributed by atoms with E-state index >= 15 is 0 Å². The molecule has 3 heteroatoms. The number of fused-ring (bicyclic) bond motifs is 5. The van der Waals surface area contributed by atoms with Crippen molar-refractivity contribution in [1.29, 1.82) is 0 Å². The van der Waals surface area contributed by atoms with E-state index < -0.39 is 0 Å². The van der Waals surface area contributed by atoms with Crippen LogP contribution < -0.4 is 5.32 Å². The van der Waals surface area contributed by atoms with E-state index in [0.29, 0.717) is 5.92 Å². The van der Waals surface area contributed by atoms with Gasteiger partial charge in [0.1, 0.15) is 6.10 Å². The molecular formula is C10H15NO2. The Bertz CT molecular complexity index is 291. The van der Waals surface area contributed by atoms with Crippen LogP contribution in [0.5, 0.6) is 0 Å². The van der Waals surface area contributed by atoms with Crippen LogP contribution in [0.4, 0.5) is 0 Å². The quantitative estimate of drug-likeness (QED) is 0.605. The predicted octanol–water partition coefficient (Wildman–Crippen LogP) is 0.690. The molecule has 13 heavy (non-hydrogen) atoms. The molecule has 0 aromatic heterocycles. The van der Waals surface area contributed by atoms with Gasteiger partial charge < -0.3 is 10.1 Å². The van der Waals surface area contributed by atoms with Gasteiger partial charge in [-0.3, -0.25) is 4.79 Å². The smallest absolute Gasteiger partial charge is 0.228 e. The summed E-state index contributed by atoms with van der Waals surface area (Å²) in [5.41, 5.74) is -0.0983. The molecule has 2 aliphatic carbocycles. The fourth-order valence-electron chi connectivity index (χ4n) is 3.57. The molecule has 3 rings (SSSR count). The Labute approximate surface area is 77.8 Å². The second-order valence-electron chi connectivity index (χ2n) is 4.86. The standard InChI is InChI=1S/C10H15NO2/c1-9-6-3-4-10(5-6,7(9)13-9)8(12)11-2/h6-7H,3-5H2,1-2H3,(H,11,12). The molecule has 1 heterocycles. The molecular weight excluding hydrogens is 166 g/mol. The third-order valence-electron chi connectivity index (χ3n) is 4.38. The molecule has 0 aromatic carbocycles. The van der Waals surface area contributed by atoms with Crippen LogP contribution in [0.25, 0.3) is 0 Å². The Hall–Kier alpha value is -0.570. The summed E-state index contributed by atoms with van der Waals surface area (Å²) >= 11 is 0. The number of rotatable bonds is 1. The highest BCUT2D eigenvalue weighted by Gasteiger charge is 2.77. The first kappa shape index (κ1) is 7.80. The van der Waals surface area contributed by atoms with E-state index in [4.69, 9.17) is 4.74 Å². The van der Waals surface area contributed by atoms with Crippen molar-refractivity contribution >= 4 is 5.91 Å². The first-order valence-electron chi connectivity index (χ1n) is 5.03. The first-order valence-corrected chi connectivity index (χ1v) is 5.03. The van der Waals surface area contributed by atoms with Crippen LogP contribution in [-0.2, 0) is 9.53 Å². The van der Waals surface area contributed by atoms with Crippen molar-refractivity contribution in [2.45, 2.75) is 37.9 Å². The van der Waals surface area contributed by atoms with Crippen molar-refractivity contribution < 1.29 is 9.53 Å². The van der Waals surface area contributed by atoms with Crippen LogP contribution in [0.2, 0.25) is 0 Å². The van der Waals surface area contributed by atoms with Crippen LogP contribution in [-0.4, -0.2) is 24.7 Å². The number of nitrogens with one attached hydrogen (secondary N) is 1. The largest absolute Gasteiger partial charge is 0.365 e.